The fraction of sp³-hybridized carbons (Fsp3) is 0.316. The molecule has 0 radical (unpaired) electrons. The topological polar surface area (TPSA) is 64.1 Å². The lowest BCUT2D eigenvalue weighted by atomic mass is 10.1. The first-order valence-corrected chi connectivity index (χ1v) is 10.8. The van der Waals surface area contributed by atoms with Crippen LogP contribution in [0.3, 0.4) is 0 Å². The second-order valence-electron chi connectivity index (χ2n) is 5.61. The van der Waals surface area contributed by atoms with Crippen LogP contribution in [0.5, 0.6) is 0 Å². The number of aromatic nitrogens is 2. The predicted molar refractivity (Wildman–Crippen MR) is 110 cm³/mol. The normalized spacial score (nSPS) is 11.0. The number of benzene rings is 1. The van der Waals surface area contributed by atoms with Crippen molar-refractivity contribution >= 4 is 51.4 Å². The maximum Gasteiger partial charge on any atom is 0.407 e. The maximum atomic E-state index is 11.6. The number of hydrogen-bond acceptors (Lipinski definition) is 6. The van der Waals surface area contributed by atoms with E-state index in [4.69, 9.17) is 4.74 Å². The van der Waals surface area contributed by atoms with Gasteiger partial charge in [-0.1, -0.05) is 12.1 Å². The molecular formula is C19H21N3O2S2. The van der Waals surface area contributed by atoms with Crippen molar-refractivity contribution in [1.29, 1.82) is 0 Å². The Hall–Kier alpha value is -1.99. The van der Waals surface area contributed by atoms with Gasteiger partial charge in [0, 0.05) is 40.4 Å². The van der Waals surface area contributed by atoms with Crippen molar-refractivity contribution in [3.05, 3.63) is 42.7 Å². The highest BCUT2D eigenvalue weighted by Crippen LogP contribution is 2.32. The quantitative estimate of drug-likeness (QED) is 0.352. The first-order chi connectivity index (χ1) is 12.8. The third-order valence-electron chi connectivity index (χ3n) is 3.79. The number of pyridine rings is 2. The summed E-state index contributed by atoms with van der Waals surface area (Å²) in [6.07, 6.45) is 6.23. The van der Waals surface area contributed by atoms with Crippen molar-refractivity contribution in [2.45, 2.75) is 11.3 Å². The van der Waals surface area contributed by atoms with Crippen LogP contribution in [-0.4, -0.2) is 47.0 Å². The van der Waals surface area contributed by atoms with Gasteiger partial charge < -0.3 is 10.1 Å². The van der Waals surface area contributed by atoms with Crippen LogP contribution in [0.2, 0.25) is 0 Å². The zero-order chi connectivity index (χ0) is 18.2. The summed E-state index contributed by atoms with van der Waals surface area (Å²) in [7, 11) is 0. The fourth-order valence-electron chi connectivity index (χ4n) is 2.61. The second kappa shape index (κ2) is 9.64. The summed E-state index contributed by atoms with van der Waals surface area (Å²) < 4.78 is 5.24. The zero-order valence-corrected chi connectivity index (χ0v) is 16.2. The SMILES string of the molecule is CSCCCNC(=O)OCCSc1cc2cccnc2c2ncccc12. The second-order valence-corrected chi connectivity index (χ2v) is 7.73. The van der Waals surface area contributed by atoms with Crippen molar-refractivity contribution in [3.63, 3.8) is 0 Å². The lowest BCUT2D eigenvalue weighted by Crippen LogP contribution is -2.26. The van der Waals surface area contributed by atoms with Crippen LogP contribution in [0.1, 0.15) is 6.42 Å². The molecule has 26 heavy (non-hydrogen) atoms. The average molecular weight is 388 g/mol. The van der Waals surface area contributed by atoms with Crippen LogP contribution >= 0.6 is 23.5 Å². The van der Waals surface area contributed by atoms with Crippen molar-refractivity contribution in [3.8, 4) is 0 Å². The molecule has 0 atom stereocenters. The first kappa shape index (κ1) is 18.8. The number of nitrogens with zero attached hydrogens (tertiary/aromatic N) is 2. The summed E-state index contributed by atoms with van der Waals surface area (Å²) in [6, 6.07) is 10.1. The molecule has 2 heterocycles. The molecule has 2 aromatic heterocycles. The van der Waals surface area contributed by atoms with Gasteiger partial charge >= 0.3 is 6.09 Å². The van der Waals surface area contributed by atoms with Gasteiger partial charge in [0.15, 0.2) is 0 Å². The highest BCUT2D eigenvalue weighted by molar-refractivity contribution is 7.99. The fourth-order valence-corrected chi connectivity index (χ4v) is 3.96. The summed E-state index contributed by atoms with van der Waals surface area (Å²) in [6.45, 7) is 1.02. The molecule has 0 fully saturated rings. The minimum Gasteiger partial charge on any atom is -0.449 e. The largest absolute Gasteiger partial charge is 0.449 e. The van der Waals surface area contributed by atoms with Gasteiger partial charge in [-0.15, -0.1) is 11.8 Å². The van der Waals surface area contributed by atoms with E-state index in [1.807, 2.05) is 18.2 Å². The molecule has 0 aliphatic rings. The van der Waals surface area contributed by atoms with Crippen molar-refractivity contribution in [1.82, 2.24) is 15.3 Å². The Bertz CT molecular complexity index is 889. The summed E-state index contributed by atoms with van der Waals surface area (Å²) in [5.41, 5.74) is 1.81. The number of hydrogen-bond donors (Lipinski definition) is 1. The van der Waals surface area contributed by atoms with E-state index >= 15 is 0 Å². The molecule has 5 nitrogen and oxygen atoms in total. The van der Waals surface area contributed by atoms with E-state index in [9.17, 15) is 4.79 Å². The van der Waals surface area contributed by atoms with Crippen LogP contribution in [0.25, 0.3) is 21.8 Å². The molecule has 0 saturated carbocycles. The van der Waals surface area contributed by atoms with Gasteiger partial charge in [-0.25, -0.2) is 4.79 Å². The Morgan fingerprint density at radius 2 is 1.96 bits per heavy atom. The van der Waals surface area contributed by atoms with Gasteiger partial charge in [0.2, 0.25) is 0 Å². The van der Waals surface area contributed by atoms with E-state index in [-0.39, 0.29) is 6.09 Å². The predicted octanol–water partition coefficient (Wildman–Crippen LogP) is 4.35. The van der Waals surface area contributed by atoms with Crippen LogP contribution in [-0.2, 0) is 4.74 Å². The Kier molecular flexibility index (Phi) is 6.96. The Labute approximate surface area is 161 Å². The van der Waals surface area contributed by atoms with E-state index in [0.717, 1.165) is 38.9 Å². The Morgan fingerprint density at radius 3 is 2.81 bits per heavy atom. The molecule has 0 aliphatic heterocycles. The van der Waals surface area contributed by atoms with Gasteiger partial charge in [0.25, 0.3) is 0 Å². The maximum absolute atomic E-state index is 11.6. The molecule has 1 amide bonds. The standard InChI is InChI=1S/C19H21N3O2S2/c1-25-11-4-9-22-19(23)24-10-12-26-16-13-14-5-2-7-20-17(14)18-15(16)6-3-8-21-18/h2-3,5-8,13H,4,9-12H2,1H3,(H,22,23). The van der Waals surface area contributed by atoms with Gasteiger partial charge in [-0.3, -0.25) is 9.97 Å². The molecule has 0 bridgehead atoms. The number of fused-ring (bicyclic) bond motifs is 3. The number of ether oxygens (including phenoxy) is 1. The number of thioether (sulfide) groups is 2. The van der Waals surface area contributed by atoms with E-state index in [2.05, 4.69) is 33.7 Å². The summed E-state index contributed by atoms with van der Waals surface area (Å²) >= 11 is 3.43. The lowest BCUT2D eigenvalue weighted by molar-refractivity contribution is 0.153. The number of alkyl carbamates (subject to hydrolysis) is 1. The number of carbonyl (C=O) groups is 1. The minimum absolute atomic E-state index is 0.346. The first-order valence-electron chi connectivity index (χ1n) is 8.44. The van der Waals surface area contributed by atoms with E-state index in [1.165, 1.54) is 0 Å². The Balaban J connectivity index is 1.59. The molecule has 0 saturated heterocycles. The van der Waals surface area contributed by atoms with Crippen LogP contribution in [0.15, 0.2) is 47.6 Å². The molecule has 1 N–H and O–H groups in total. The minimum atomic E-state index is -0.346. The lowest BCUT2D eigenvalue weighted by Gasteiger charge is -2.10. The van der Waals surface area contributed by atoms with E-state index in [0.29, 0.717) is 18.9 Å². The van der Waals surface area contributed by atoms with Crippen molar-refractivity contribution in [2.24, 2.45) is 0 Å². The average Bonchev–Trinajstić information content (AvgIpc) is 2.68. The molecule has 3 aromatic rings. The molecular weight excluding hydrogens is 366 g/mol. The van der Waals surface area contributed by atoms with Crippen molar-refractivity contribution in [2.75, 3.05) is 30.9 Å². The van der Waals surface area contributed by atoms with E-state index < -0.39 is 0 Å². The summed E-state index contributed by atoms with van der Waals surface area (Å²) in [4.78, 5) is 21.7. The number of rotatable bonds is 8. The number of carbonyl (C=O) groups excluding carboxylic acids is 1. The summed E-state index contributed by atoms with van der Waals surface area (Å²) in [5.74, 6) is 1.72. The van der Waals surface area contributed by atoms with Gasteiger partial charge in [0.05, 0.1) is 11.0 Å². The zero-order valence-electron chi connectivity index (χ0n) is 14.6. The molecule has 136 valence electrons. The monoisotopic (exact) mass is 387 g/mol. The van der Waals surface area contributed by atoms with Gasteiger partial charge in [-0.05, 0) is 36.6 Å². The van der Waals surface area contributed by atoms with Gasteiger partial charge in [-0.2, -0.15) is 11.8 Å². The van der Waals surface area contributed by atoms with Crippen LogP contribution in [0.4, 0.5) is 4.79 Å². The number of amides is 1. The Morgan fingerprint density at radius 1 is 1.15 bits per heavy atom. The highest BCUT2D eigenvalue weighted by Gasteiger charge is 2.09. The van der Waals surface area contributed by atoms with E-state index in [1.54, 1.807) is 35.9 Å². The van der Waals surface area contributed by atoms with Crippen LogP contribution in [0, 0.1) is 0 Å². The summed E-state index contributed by atoms with van der Waals surface area (Å²) in [5, 5.41) is 4.91. The smallest absolute Gasteiger partial charge is 0.407 e. The molecule has 0 aliphatic carbocycles. The highest BCUT2D eigenvalue weighted by atomic mass is 32.2. The third kappa shape index (κ3) is 4.80. The third-order valence-corrected chi connectivity index (χ3v) is 5.51. The van der Waals surface area contributed by atoms with Crippen molar-refractivity contribution < 1.29 is 9.53 Å². The molecule has 0 unspecified atom stereocenters. The molecule has 7 heteroatoms. The molecule has 1 aromatic carbocycles. The molecule has 3 rings (SSSR count). The number of nitrogens with one attached hydrogen (secondary N) is 1. The molecule has 0 spiro atoms. The van der Waals surface area contributed by atoms with Crippen LogP contribution < -0.4 is 5.32 Å². The van der Waals surface area contributed by atoms with Gasteiger partial charge in [0.1, 0.15) is 6.61 Å².